The summed E-state index contributed by atoms with van der Waals surface area (Å²) in [6, 6.07) is -0.704. The van der Waals surface area contributed by atoms with E-state index in [4.69, 9.17) is 4.74 Å². The maximum Gasteiger partial charge on any atom is 0.306 e. The summed E-state index contributed by atoms with van der Waals surface area (Å²) in [5.41, 5.74) is 0. The molecule has 0 saturated carbocycles. The van der Waals surface area contributed by atoms with E-state index >= 15 is 0 Å². The minimum absolute atomic E-state index is 0.0710. The van der Waals surface area contributed by atoms with Crippen molar-refractivity contribution in [2.45, 2.75) is 322 Å². The van der Waals surface area contributed by atoms with Crippen molar-refractivity contribution < 1.29 is 24.5 Å². The number of allylic oxidation sites excluding steroid dienone is 6. The Bertz CT molecular complexity index is 1070. The van der Waals surface area contributed by atoms with Gasteiger partial charge in [-0.3, -0.25) is 9.59 Å². The standard InChI is InChI=1S/C59H111NO5/c1-4-7-10-13-16-19-22-24-26-28-30-32-34-37-40-43-46-49-52-59(64)65-55(50-47-44-41-38-36-33-31-29-27-25-23-20-17-14-11-8-5-2)53-58(63)60-56(54-61)57(62)51-48-45-42-39-35-21-18-15-12-9-6-3/h25-28,30,32,55-57,61-62H,4-24,29,31,33-54H2,1-3H3,(H,60,63)/b27-25+,28-26+,32-30+. The van der Waals surface area contributed by atoms with Gasteiger partial charge in [0.2, 0.25) is 5.91 Å². The highest BCUT2D eigenvalue weighted by molar-refractivity contribution is 5.77. The van der Waals surface area contributed by atoms with Crippen LogP contribution in [0.3, 0.4) is 0 Å². The summed E-state index contributed by atoms with van der Waals surface area (Å²) in [5, 5.41) is 23.8. The lowest BCUT2D eigenvalue weighted by Crippen LogP contribution is -2.46. The number of hydrogen-bond donors (Lipinski definition) is 3. The summed E-state index contributed by atoms with van der Waals surface area (Å²) < 4.78 is 5.96. The highest BCUT2D eigenvalue weighted by Gasteiger charge is 2.24. The quantitative estimate of drug-likeness (QED) is 0.0244. The second-order valence-corrected chi connectivity index (χ2v) is 19.7. The Balaban J connectivity index is 4.58. The summed E-state index contributed by atoms with van der Waals surface area (Å²) >= 11 is 0. The Morgan fingerprint density at radius 2 is 0.785 bits per heavy atom. The lowest BCUT2D eigenvalue weighted by molar-refractivity contribution is -0.151. The summed E-state index contributed by atoms with van der Waals surface area (Å²) in [7, 11) is 0. The summed E-state index contributed by atoms with van der Waals surface area (Å²) in [4.78, 5) is 26.3. The molecular weight excluding hydrogens is 803 g/mol. The van der Waals surface area contributed by atoms with Gasteiger partial charge in [0.05, 0.1) is 25.2 Å². The van der Waals surface area contributed by atoms with E-state index in [0.717, 1.165) is 70.6 Å². The number of nitrogens with one attached hydrogen (secondary N) is 1. The zero-order valence-corrected chi connectivity index (χ0v) is 43.6. The van der Waals surface area contributed by atoms with Gasteiger partial charge in [-0.25, -0.2) is 0 Å². The molecule has 0 aliphatic heterocycles. The van der Waals surface area contributed by atoms with Crippen LogP contribution in [0.5, 0.6) is 0 Å². The lowest BCUT2D eigenvalue weighted by Gasteiger charge is -2.24. The van der Waals surface area contributed by atoms with Crippen molar-refractivity contribution in [2.24, 2.45) is 0 Å². The topological polar surface area (TPSA) is 95.9 Å². The van der Waals surface area contributed by atoms with Gasteiger partial charge in [0.25, 0.3) is 0 Å². The molecule has 0 rings (SSSR count). The van der Waals surface area contributed by atoms with E-state index in [9.17, 15) is 19.8 Å². The molecule has 0 aliphatic rings. The maximum atomic E-state index is 13.2. The van der Waals surface area contributed by atoms with Crippen molar-refractivity contribution in [1.82, 2.24) is 5.32 Å². The van der Waals surface area contributed by atoms with Crippen LogP contribution in [-0.2, 0) is 14.3 Å². The van der Waals surface area contributed by atoms with Gasteiger partial charge in [0.1, 0.15) is 6.10 Å². The molecule has 0 bridgehead atoms. The number of aliphatic hydroxyl groups excluding tert-OH is 2. The molecular formula is C59H111NO5. The molecule has 6 nitrogen and oxygen atoms in total. The fourth-order valence-corrected chi connectivity index (χ4v) is 8.83. The van der Waals surface area contributed by atoms with Crippen molar-refractivity contribution in [3.8, 4) is 0 Å². The van der Waals surface area contributed by atoms with Crippen LogP contribution in [0, 0.1) is 0 Å². The van der Waals surface area contributed by atoms with Crippen LogP contribution < -0.4 is 5.32 Å². The number of esters is 1. The Kier molecular flexibility index (Phi) is 51.5. The van der Waals surface area contributed by atoms with Crippen LogP contribution in [0.4, 0.5) is 0 Å². The minimum atomic E-state index is -0.790. The Hall–Kier alpha value is -1.92. The molecule has 0 fully saturated rings. The first-order valence-electron chi connectivity index (χ1n) is 28.7. The van der Waals surface area contributed by atoms with E-state index < -0.39 is 18.2 Å². The van der Waals surface area contributed by atoms with Gasteiger partial charge in [0, 0.05) is 6.42 Å². The maximum absolute atomic E-state index is 13.2. The van der Waals surface area contributed by atoms with E-state index in [0.29, 0.717) is 19.3 Å². The molecule has 0 aromatic carbocycles. The Morgan fingerprint density at radius 3 is 1.18 bits per heavy atom. The van der Waals surface area contributed by atoms with Gasteiger partial charge >= 0.3 is 5.97 Å². The number of aliphatic hydroxyl groups is 2. The summed E-state index contributed by atoms with van der Waals surface area (Å²) in [6.45, 7) is 6.49. The predicted molar refractivity (Wildman–Crippen MR) is 282 cm³/mol. The van der Waals surface area contributed by atoms with Gasteiger partial charge in [0.15, 0.2) is 0 Å². The number of ether oxygens (including phenoxy) is 1. The zero-order chi connectivity index (χ0) is 47.4. The van der Waals surface area contributed by atoms with Crippen LogP contribution in [0.1, 0.15) is 303 Å². The second-order valence-electron chi connectivity index (χ2n) is 19.7. The molecule has 0 aromatic heterocycles. The lowest BCUT2D eigenvalue weighted by atomic mass is 10.0. The number of carbonyl (C=O) groups is 2. The molecule has 65 heavy (non-hydrogen) atoms. The van der Waals surface area contributed by atoms with E-state index in [1.165, 1.54) is 186 Å². The molecule has 0 aliphatic carbocycles. The van der Waals surface area contributed by atoms with E-state index in [-0.39, 0.29) is 24.9 Å². The summed E-state index contributed by atoms with van der Waals surface area (Å²) in [5.74, 6) is -0.483. The molecule has 6 heteroatoms. The van der Waals surface area contributed by atoms with E-state index in [2.05, 4.69) is 62.5 Å². The molecule has 382 valence electrons. The second kappa shape index (κ2) is 53.0. The van der Waals surface area contributed by atoms with Crippen LogP contribution >= 0.6 is 0 Å². The van der Waals surface area contributed by atoms with Crippen molar-refractivity contribution in [2.75, 3.05) is 6.61 Å². The van der Waals surface area contributed by atoms with Crippen molar-refractivity contribution in [3.05, 3.63) is 36.5 Å². The van der Waals surface area contributed by atoms with Crippen molar-refractivity contribution in [1.29, 1.82) is 0 Å². The number of carbonyl (C=O) groups excluding carboxylic acids is 2. The minimum Gasteiger partial charge on any atom is -0.462 e. The van der Waals surface area contributed by atoms with Crippen molar-refractivity contribution >= 4 is 11.9 Å². The molecule has 0 aromatic rings. The van der Waals surface area contributed by atoms with Crippen LogP contribution in [0.25, 0.3) is 0 Å². The molecule has 0 saturated heterocycles. The number of hydrogen-bond acceptors (Lipinski definition) is 5. The summed E-state index contributed by atoms with van der Waals surface area (Å²) in [6.07, 6.45) is 63.5. The molecule has 3 unspecified atom stereocenters. The number of rotatable bonds is 52. The first kappa shape index (κ1) is 63.1. The van der Waals surface area contributed by atoms with E-state index in [1.54, 1.807) is 0 Å². The highest BCUT2D eigenvalue weighted by atomic mass is 16.5. The highest BCUT2D eigenvalue weighted by Crippen LogP contribution is 2.18. The third kappa shape index (κ3) is 48.3. The van der Waals surface area contributed by atoms with Crippen LogP contribution in [-0.4, -0.2) is 46.9 Å². The Morgan fingerprint density at radius 1 is 0.446 bits per heavy atom. The normalized spacial score (nSPS) is 13.4. The largest absolute Gasteiger partial charge is 0.462 e. The van der Waals surface area contributed by atoms with Crippen LogP contribution in [0.15, 0.2) is 36.5 Å². The third-order valence-corrected chi connectivity index (χ3v) is 13.2. The van der Waals surface area contributed by atoms with E-state index in [1.807, 2.05) is 0 Å². The zero-order valence-electron chi connectivity index (χ0n) is 43.6. The monoisotopic (exact) mass is 914 g/mol. The average molecular weight is 915 g/mol. The third-order valence-electron chi connectivity index (χ3n) is 13.2. The number of unbranched alkanes of at least 4 members (excludes halogenated alkanes) is 35. The predicted octanol–water partition coefficient (Wildman–Crippen LogP) is 17.6. The Labute approximate surface area is 404 Å². The fraction of sp³-hybridized carbons (Fsp3) is 0.864. The van der Waals surface area contributed by atoms with Gasteiger partial charge in [-0.2, -0.15) is 0 Å². The van der Waals surface area contributed by atoms with Crippen molar-refractivity contribution in [3.63, 3.8) is 0 Å². The molecule has 0 spiro atoms. The smallest absolute Gasteiger partial charge is 0.306 e. The SMILES string of the molecule is CCCCCCCC/C=C/CCCCCCCCCC(CC(=O)NC(CO)C(O)CCCCCCCCCCCCC)OC(=O)CCCCCCC/C=C/C=C/CCCCCCCCC. The molecule has 0 radical (unpaired) electrons. The van der Waals surface area contributed by atoms with Gasteiger partial charge < -0.3 is 20.3 Å². The van der Waals surface area contributed by atoms with Gasteiger partial charge in [-0.1, -0.05) is 250 Å². The van der Waals surface area contributed by atoms with Gasteiger partial charge in [-0.15, -0.1) is 0 Å². The number of amides is 1. The average Bonchev–Trinajstić information content (AvgIpc) is 3.30. The molecule has 3 atom stereocenters. The first-order valence-corrected chi connectivity index (χ1v) is 28.7. The van der Waals surface area contributed by atoms with Crippen LogP contribution in [0.2, 0.25) is 0 Å². The first-order chi connectivity index (χ1) is 32.0. The molecule has 3 N–H and O–H groups in total. The van der Waals surface area contributed by atoms with Gasteiger partial charge in [-0.05, 0) is 77.0 Å². The fourth-order valence-electron chi connectivity index (χ4n) is 8.83. The molecule has 1 amide bonds. The molecule has 0 heterocycles.